The Morgan fingerprint density at radius 1 is 1.26 bits per heavy atom. The molecular formula is C20H23N5O6. The number of carbonyl (C=O) groups excluding carboxylic acids is 4. The second kappa shape index (κ2) is 8.54. The number of nitrogens with two attached hydrogens (primary N) is 1. The van der Waals surface area contributed by atoms with Crippen LogP contribution in [0.25, 0.3) is 5.65 Å². The Morgan fingerprint density at radius 3 is 2.58 bits per heavy atom. The number of aromatic nitrogens is 3. The summed E-state index contributed by atoms with van der Waals surface area (Å²) in [5, 5.41) is 6.64. The fourth-order valence-corrected chi connectivity index (χ4v) is 3.51. The van der Waals surface area contributed by atoms with E-state index in [-0.39, 0.29) is 23.0 Å². The molecule has 0 radical (unpaired) electrons. The van der Waals surface area contributed by atoms with E-state index in [1.165, 1.54) is 37.1 Å². The molecule has 2 unspecified atom stereocenters. The molecule has 2 amide bonds. The average Bonchev–Trinajstić information content (AvgIpc) is 3.24. The Bertz CT molecular complexity index is 1090. The van der Waals surface area contributed by atoms with Crippen LogP contribution in [0.1, 0.15) is 47.2 Å². The minimum atomic E-state index is -1.09. The normalized spacial score (nSPS) is 19.3. The molecule has 0 bridgehead atoms. The molecule has 164 valence electrons. The van der Waals surface area contributed by atoms with Gasteiger partial charge in [0.05, 0.1) is 25.8 Å². The van der Waals surface area contributed by atoms with Gasteiger partial charge in [0.2, 0.25) is 5.91 Å². The Kier molecular flexibility index (Phi) is 6.04. The van der Waals surface area contributed by atoms with Gasteiger partial charge in [-0.2, -0.15) is 5.10 Å². The first-order chi connectivity index (χ1) is 14.7. The second-order valence-corrected chi connectivity index (χ2v) is 7.46. The van der Waals surface area contributed by atoms with E-state index in [4.69, 9.17) is 10.5 Å². The fraction of sp³-hybridized carbons (Fsp3) is 0.400. The number of methoxy groups -OCH3 is 2. The van der Waals surface area contributed by atoms with Crippen molar-refractivity contribution >= 4 is 29.4 Å². The van der Waals surface area contributed by atoms with Gasteiger partial charge in [0.1, 0.15) is 11.7 Å². The molecular weight excluding hydrogens is 406 g/mol. The fourth-order valence-electron chi connectivity index (χ4n) is 3.51. The number of hydrogen-bond acceptors (Lipinski definition) is 8. The first kappa shape index (κ1) is 21.9. The molecule has 2 heterocycles. The van der Waals surface area contributed by atoms with Gasteiger partial charge in [0.25, 0.3) is 5.91 Å². The lowest BCUT2D eigenvalue weighted by atomic mass is 9.75. The molecule has 3 N–H and O–H groups in total. The minimum Gasteiger partial charge on any atom is -0.469 e. The van der Waals surface area contributed by atoms with E-state index in [1.54, 1.807) is 13.0 Å². The predicted molar refractivity (Wildman–Crippen MR) is 107 cm³/mol. The number of esters is 2. The summed E-state index contributed by atoms with van der Waals surface area (Å²) in [6.45, 7) is 1.78. The zero-order chi connectivity index (χ0) is 22.8. The van der Waals surface area contributed by atoms with Gasteiger partial charge in [-0.3, -0.25) is 14.4 Å². The molecule has 0 spiro atoms. The molecule has 0 aliphatic heterocycles. The largest absolute Gasteiger partial charge is 0.469 e. The van der Waals surface area contributed by atoms with Gasteiger partial charge in [0, 0.05) is 12.1 Å². The van der Waals surface area contributed by atoms with Crippen molar-refractivity contribution in [3.05, 3.63) is 41.4 Å². The lowest BCUT2D eigenvalue weighted by molar-refractivity contribution is -0.152. The summed E-state index contributed by atoms with van der Waals surface area (Å²) in [5.41, 5.74) is 5.60. The standard InChI is InChI=1S/C20H23N5O6/c1-20(19(29)31-3)7-4-11(5-8-20)15(16(21)26)24-17(27)13-10-12(18(28)30-2)23-14-6-9-22-25(13)14/h4,6,9-10,15H,5,7-8H2,1-3H3,(H2,21,26)(H,24,27). The van der Waals surface area contributed by atoms with E-state index in [9.17, 15) is 19.2 Å². The van der Waals surface area contributed by atoms with E-state index in [2.05, 4.69) is 20.1 Å². The van der Waals surface area contributed by atoms with Crippen molar-refractivity contribution in [1.82, 2.24) is 19.9 Å². The smallest absolute Gasteiger partial charge is 0.356 e. The van der Waals surface area contributed by atoms with Crippen molar-refractivity contribution in [2.75, 3.05) is 14.2 Å². The lowest BCUT2D eigenvalue weighted by Crippen LogP contribution is -2.47. The molecule has 2 aromatic heterocycles. The number of amides is 2. The number of ether oxygens (including phenoxy) is 2. The monoisotopic (exact) mass is 429 g/mol. The molecule has 3 rings (SSSR count). The van der Waals surface area contributed by atoms with Crippen LogP contribution in [0.3, 0.4) is 0 Å². The molecule has 31 heavy (non-hydrogen) atoms. The first-order valence-electron chi connectivity index (χ1n) is 9.51. The topological polar surface area (TPSA) is 155 Å². The minimum absolute atomic E-state index is 0.0162. The first-order valence-corrected chi connectivity index (χ1v) is 9.51. The third-order valence-corrected chi connectivity index (χ3v) is 5.38. The molecule has 1 aliphatic rings. The molecule has 0 saturated carbocycles. The number of nitrogens with one attached hydrogen (secondary N) is 1. The van der Waals surface area contributed by atoms with Gasteiger partial charge in [-0.15, -0.1) is 0 Å². The maximum absolute atomic E-state index is 13.0. The van der Waals surface area contributed by atoms with E-state index >= 15 is 0 Å². The van der Waals surface area contributed by atoms with Gasteiger partial charge < -0.3 is 20.5 Å². The van der Waals surface area contributed by atoms with Gasteiger partial charge in [-0.05, 0) is 31.8 Å². The Hall–Kier alpha value is -3.76. The number of primary amides is 1. The molecule has 0 fully saturated rings. The van der Waals surface area contributed by atoms with Crippen molar-refractivity contribution in [2.45, 2.75) is 32.2 Å². The Balaban J connectivity index is 1.89. The molecule has 2 aromatic rings. The van der Waals surface area contributed by atoms with Gasteiger partial charge >= 0.3 is 11.9 Å². The summed E-state index contributed by atoms with van der Waals surface area (Å²) in [7, 11) is 2.53. The average molecular weight is 429 g/mol. The summed E-state index contributed by atoms with van der Waals surface area (Å²) < 4.78 is 10.8. The molecule has 0 aromatic carbocycles. The van der Waals surface area contributed by atoms with Crippen LogP contribution in [0, 0.1) is 5.41 Å². The maximum Gasteiger partial charge on any atom is 0.356 e. The molecule has 0 saturated heterocycles. The van der Waals surface area contributed by atoms with E-state index in [0.29, 0.717) is 24.8 Å². The number of fused-ring (bicyclic) bond motifs is 1. The summed E-state index contributed by atoms with van der Waals surface area (Å²) >= 11 is 0. The third kappa shape index (κ3) is 4.25. The van der Waals surface area contributed by atoms with Crippen molar-refractivity contribution < 1.29 is 28.7 Å². The summed E-state index contributed by atoms with van der Waals surface area (Å²) in [5.74, 6) is -2.48. The van der Waals surface area contributed by atoms with Crippen LogP contribution in [0.15, 0.2) is 30.0 Å². The molecule has 1 aliphatic carbocycles. The van der Waals surface area contributed by atoms with Gasteiger partial charge in [-0.1, -0.05) is 6.08 Å². The number of allylic oxidation sites excluding steroid dienone is 1. The second-order valence-electron chi connectivity index (χ2n) is 7.46. The van der Waals surface area contributed by atoms with Crippen LogP contribution in [0.5, 0.6) is 0 Å². The van der Waals surface area contributed by atoms with Crippen molar-refractivity contribution in [2.24, 2.45) is 11.1 Å². The zero-order valence-corrected chi connectivity index (χ0v) is 17.4. The van der Waals surface area contributed by atoms with Gasteiger partial charge in [0.15, 0.2) is 11.3 Å². The van der Waals surface area contributed by atoms with E-state index in [0.717, 1.165) is 0 Å². The van der Waals surface area contributed by atoms with Crippen LogP contribution in [0.2, 0.25) is 0 Å². The number of nitrogens with zero attached hydrogens (tertiary/aromatic N) is 3. The third-order valence-electron chi connectivity index (χ3n) is 5.38. The van der Waals surface area contributed by atoms with Crippen molar-refractivity contribution in [1.29, 1.82) is 0 Å². The predicted octanol–water partition coefficient (Wildman–Crippen LogP) is 0.389. The van der Waals surface area contributed by atoms with Crippen LogP contribution in [-0.4, -0.2) is 58.6 Å². The summed E-state index contributed by atoms with van der Waals surface area (Å²) in [6, 6.07) is 1.66. The highest BCUT2D eigenvalue weighted by Crippen LogP contribution is 2.37. The summed E-state index contributed by atoms with van der Waals surface area (Å²) in [6.07, 6.45) is 4.31. The van der Waals surface area contributed by atoms with Crippen LogP contribution in [-0.2, 0) is 19.1 Å². The maximum atomic E-state index is 13.0. The quantitative estimate of drug-likeness (QED) is 0.493. The molecule has 11 nitrogen and oxygen atoms in total. The zero-order valence-electron chi connectivity index (χ0n) is 17.4. The summed E-state index contributed by atoms with van der Waals surface area (Å²) in [4.78, 5) is 53.1. The van der Waals surface area contributed by atoms with Crippen LogP contribution in [0.4, 0.5) is 0 Å². The molecule has 11 heteroatoms. The van der Waals surface area contributed by atoms with Crippen molar-refractivity contribution in [3.8, 4) is 0 Å². The highest BCUT2D eigenvalue weighted by molar-refractivity contribution is 5.99. The highest BCUT2D eigenvalue weighted by Gasteiger charge is 2.38. The molecule has 2 atom stereocenters. The Labute approximate surface area is 177 Å². The van der Waals surface area contributed by atoms with E-state index < -0.39 is 29.2 Å². The number of carbonyl (C=O) groups is 4. The lowest BCUT2D eigenvalue weighted by Gasteiger charge is -2.32. The highest BCUT2D eigenvalue weighted by atomic mass is 16.5. The van der Waals surface area contributed by atoms with Crippen molar-refractivity contribution in [3.63, 3.8) is 0 Å². The number of rotatable bonds is 6. The van der Waals surface area contributed by atoms with Crippen LogP contribution < -0.4 is 11.1 Å². The van der Waals surface area contributed by atoms with Gasteiger partial charge in [-0.25, -0.2) is 14.3 Å². The Morgan fingerprint density at radius 2 is 2.00 bits per heavy atom. The SMILES string of the molecule is COC(=O)c1cc(C(=O)NC(C(N)=O)C2=CCC(C)(C(=O)OC)CC2)n2nccc2n1. The van der Waals surface area contributed by atoms with Crippen LogP contribution >= 0.6 is 0 Å². The number of hydrogen-bond donors (Lipinski definition) is 2. The van der Waals surface area contributed by atoms with E-state index in [1.807, 2.05) is 0 Å².